The second kappa shape index (κ2) is 7.27. The number of nitrogens with zero attached hydrogens (tertiary/aromatic N) is 4. The Kier molecular flexibility index (Phi) is 5.08. The molecule has 0 amide bonds. The first kappa shape index (κ1) is 17.5. The van der Waals surface area contributed by atoms with Gasteiger partial charge in [0.2, 0.25) is 0 Å². The standard InChI is InChI=1S/C14H19N5O6/c1-7(21)24-3-2-15-12-9-13(17-5-16-12)19(6-18-9)14-11(23)10(22)8(4-20)25-14/h5-6,8,10-11,14,20,22-23H,2-4H2,1H3,(H,15,16,17)/t8-,10-,11-,14-/m1/s1. The number of hydrogen-bond acceptors (Lipinski definition) is 10. The molecule has 136 valence electrons. The lowest BCUT2D eigenvalue weighted by Crippen LogP contribution is -2.33. The summed E-state index contributed by atoms with van der Waals surface area (Å²) in [4.78, 5) is 23.2. The van der Waals surface area contributed by atoms with Crippen molar-refractivity contribution in [3.63, 3.8) is 0 Å². The molecular formula is C14H19N5O6. The molecule has 1 aliphatic rings. The van der Waals surface area contributed by atoms with E-state index in [1.807, 2.05) is 0 Å². The third-order valence-electron chi connectivity index (χ3n) is 3.85. The Morgan fingerprint density at radius 1 is 1.36 bits per heavy atom. The van der Waals surface area contributed by atoms with Crippen LogP contribution in [-0.4, -0.2) is 78.9 Å². The summed E-state index contributed by atoms with van der Waals surface area (Å²) in [5.41, 5.74) is 0.822. The molecule has 2 aromatic heterocycles. The van der Waals surface area contributed by atoms with Crippen molar-refractivity contribution in [1.82, 2.24) is 19.5 Å². The van der Waals surface area contributed by atoms with Crippen LogP contribution in [0.5, 0.6) is 0 Å². The average molecular weight is 353 g/mol. The molecule has 0 unspecified atom stereocenters. The maximum Gasteiger partial charge on any atom is 0.302 e. The van der Waals surface area contributed by atoms with Gasteiger partial charge in [0, 0.05) is 6.92 Å². The summed E-state index contributed by atoms with van der Waals surface area (Å²) >= 11 is 0. The van der Waals surface area contributed by atoms with Crippen molar-refractivity contribution in [3.05, 3.63) is 12.7 Å². The Balaban J connectivity index is 1.80. The molecule has 4 atom stereocenters. The van der Waals surface area contributed by atoms with Crippen LogP contribution in [0.4, 0.5) is 5.82 Å². The van der Waals surface area contributed by atoms with Crippen LogP contribution in [0.15, 0.2) is 12.7 Å². The van der Waals surface area contributed by atoms with Crippen LogP contribution in [0.25, 0.3) is 11.2 Å². The molecule has 4 N–H and O–H groups in total. The highest BCUT2D eigenvalue weighted by atomic mass is 16.6. The van der Waals surface area contributed by atoms with Gasteiger partial charge in [-0.25, -0.2) is 15.0 Å². The number of nitrogens with one attached hydrogen (secondary N) is 1. The van der Waals surface area contributed by atoms with Crippen molar-refractivity contribution in [1.29, 1.82) is 0 Å². The molecule has 11 nitrogen and oxygen atoms in total. The molecule has 1 aliphatic heterocycles. The molecule has 0 aliphatic carbocycles. The van der Waals surface area contributed by atoms with Crippen molar-refractivity contribution >= 4 is 23.0 Å². The quantitative estimate of drug-likeness (QED) is 0.353. The van der Waals surface area contributed by atoms with Gasteiger partial charge in [0.15, 0.2) is 23.2 Å². The highest BCUT2D eigenvalue weighted by Gasteiger charge is 2.44. The largest absolute Gasteiger partial charge is 0.464 e. The summed E-state index contributed by atoms with van der Waals surface area (Å²) < 4.78 is 11.8. The molecule has 0 aromatic carbocycles. The Morgan fingerprint density at radius 2 is 2.16 bits per heavy atom. The molecule has 25 heavy (non-hydrogen) atoms. The number of carbonyl (C=O) groups excluding carboxylic acids is 1. The maximum atomic E-state index is 10.8. The van der Waals surface area contributed by atoms with Crippen molar-refractivity contribution in [2.24, 2.45) is 0 Å². The summed E-state index contributed by atoms with van der Waals surface area (Å²) in [6.07, 6.45) is -1.53. The van der Waals surface area contributed by atoms with E-state index in [1.165, 1.54) is 24.1 Å². The number of aliphatic hydroxyl groups excluding tert-OH is 3. The minimum atomic E-state index is -1.23. The third kappa shape index (κ3) is 3.39. The molecule has 1 saturated heterocycles. The van der Waals surface area contributed by atoms with E-state index in [-0.39, 0.29) is 12.6 Å². The van der Waals surface area contributed by atoms with Crippen LogP contribution in [0, 0.1) is 0 Å². The summed E-state index contributed by atoms with van der Waals surface area (Å²) in [7, 11) is 0. The minimum absolute atomic E-state index is 0.177. The van der Waals surface area contributed by atoms with Crippen molar-refractivity contribution < 1.29 is 29.6 Å². The van der Waals surface area contributed by atoms with Gasteiger partial charge in [-0.15, -0.1) is 0 Å². The Labute approximate surface area is 142 Å². The molecule has 0 spiro atoms. The van der Waals surface area contributed by atoms with E-state index in [2.05, 4.69) is 20.3 Å². The molecule has 3 rings (SSSR count). The van der Waals surface area contributed by atoms with Gasteiger partial charge in [0.25, 0.3) is 0 Å². The molecule has 11 heteroatoms. The zero-order valence-electron chi connectivity index (χ0n) is 13.4. The molecule has 1 fully saturated rings. The highest BCUT2D eigenvalue weighted by Crippen LogP contribution is 2.31. The van der Waals surface area contributed by atoms with Crippen LogP contribution in [0.3, 0.4) is 0 Å². The normalized spacial score (nSPS) is 26.1. The number of aliphatic hydroxyl groups is 3. The van der Waals surface area contributed by atoms with Crippen LogP contribution < -0.4 is 5.32 Å². The van der Waals surface area contributed by atoms with E-state index >= 15 is 0 Å². The van der Waals surface area contributed by atoms with Gasteiger partial charge < -0.3 is 30.1 Å². The topological polar surface area (TPSA) is 152 Å². The number of hydrogen-bond donors (Lipinski definition) is 4. The number of aromatic nitrogens is 4. The van der Waals surface area contributed by atoms with Gasteiger partial charge in [-0.1, -0.05) is 0 Å². The SMILES string of the molecule is CC(=O)OCCNc1ncnc2c1ncn2[C@@H]1O[C@H](CO)[C@@H](O)[C@H]1O. The summed E-state index contributed by atoms with van der Waals surface area (Å²) in [6, 6.07) is 0. The predicted octanol–water partition coefficient (Wildman–Crippen LogP) is -1.59. The minimum Gasteiger partial charge on any atom is -0.464 e. The van der Waals surface area contributed by atoms with Gasteiger partial charge >= 0.3 is 5.97 Å². The van der Waals surface area contributed by atoms with Gasteiger partial charge in [-0.05, 0) is 0 Å². The third-order valence-corrected chi connectivity index (χ3v) is 3.85. The van der Waals surface area contributed by atoms with E-state index in [0.717, 1.165) is 0 Å². The Hall–Kier alpha value is -2.34. The fourth-order valence-corrected chi connectivity index (χ4v) is 2.64. The van der Waals surface area contributed by atoms with Gasteiger partial charge in [-0.2, -0.15) is 0 Å². The number of ether oxygens (including phenoxy) is 2. The van der Waals surface area contributed by atoms with Crippen molar-refractivity contribution in [2.75, 3.05) is 25.1 Å². The second-order valence-corrected chi connectivity index (χ2v) is 5.54. The molecule has 0 bridgehead atoms. The first-order chi connectivity index (χ1) is 12.0. The van der Waals surface area contributed by atoms with Gasteiger partial charge in [-0.3, -0.25) is 9.36 Å². The summed E-state index contributed by atoms with van der Waals surface area (Å²) in [5.74, 6) is 0.0610. The number of fused-ring (bicyclic) bond motifs is 1. The zero-order valence-corrected chi connectivity index (χ0v) is 13.4. The van der Waals surface area contributed by atoms with Gasteiger partial charge in [0.1, 0.15) is 31.2 Å². The predicted molar refractivity (Wildman–Crippen MR) is 83.5 cm³/mol. The Morgan fingerprint density at radius 3 is 2.84 bits per heavy atom. The monoisotopic (exact) mass is 353 g/mol. The van der Waals surface area contributed by atoms with Crippen molar-refractivity contribution in [2.45, 2.75) is 31.5 Å². The highest BCUT2D eigenvalue weighted by molar-refractivity contribution is 5.82. The lowest BCUT2D eigenvalue weighted by Gasteiger charge is -2.16. The van der Waals surface area contributed by atoms with Crippen LogP contribution >= 0.6 is 0 Å². The van der Waals surface area contributed by atoms with Gasteiger partial charge in [0.05, 0.1) is 19.5 Å². The van der Waals surface area contributed by atoms with E-state index in [9.17, 15) is 20.1 Å². The van der Waals surface area contributed by atoms with E-state index in [4.69, 9.17) is 9.47 Å². The maximum absolute atomic E-state index is 10.8. The van der Waals surface area contributed by atoms with Crippen LogP contribution in [-0.2, 0) is 14.3 Å². The Bertz CT molecular complexity index is 752. The number of anilines is 1. The number of carbonyl (C=O) groups is 1. The molecular weight excluding hydrogens is 334 g/mol. The number of imidazole rings is 1. The fraction of sp³-hybridized carbons (Fsp3) is 0.571. The lowest BCUT2D eigenvalue weighted by atomic mass is 10.1. The smallest absolute Gasteiger partial charge is 0.302 e. The zero-order chi connectivity index (χ0) is 18.0. The average Bonchev–Trinajstić information content (AvgIpc) is 3.14. The molecule has 2 aromatic rings. The first-order valence-corrected chi connectivity index (χ1v) is 7.70. The second-order valence-electron chi connectivity index (χ2n) is 5.54. The van der Waals surface area contributed by atoms with E-state index < -0.39 is 31.1 Å². The number of rotatable bonds is 6. The molecule has 0 saturated carbocycles. The summed E-state index contributed by atoms with van der Waals surface area (Å²) in [5, 5.41) is 32.2. The fourth-order valence-electron chi connectivity index (χ4n) is 2.64. The number of esters is 1. The van der Waals surface area contributed by atoms with Crippen LogP contribution in [0.1, 0.15) is 13.2 Å². The molecule has 3 heterocycles. The van der Waals surface area contributed by atoms with Crippen molar-refractivity contribution in [3.8, 4) is 0 Å². The first-order valence-electron chi connectivity index (χ1n) is 7.70. The van der Waals surface area contributed by atoms with E-state index in [0.29, 0.717) is 23.5 Å². The molecule has 0 radical (unpaired) electrons. The van der Waals surface area contributed by atoms with E-state index in [1.54, 1.807) is 0 Å². The lowest BCUT2D eigenvalue weighted by molar-refractivity contribution is -0.140. The summed E-state index contributed by atoms with van der Waals surface area (Å²) in [6.45, 7) is 1.42. The van der Waals surface area contributed by atoms with Crippen LogP contribution in [0.2, 0.25) is 0 Å².